The third-order valence-electron chi connectivity index (χ3n) is 3.13. The number of hydrogen-bond acceptors (Lipinski definition) is 4. The van der Waals surface area contributed by atoms with E-state index in [0.717, 1.165) is 28.5 Å². The molecule has 0 aliphatic heterocycles. The summed E-state index contributed by atoms with van der Waals surface area (Å²) in [5, 5.41) is 4.06. The van der Waals surface area contributed by atoms with Crippen molar-refractivity contribution in [1.82, 2.24) is 5.32 Å². The van der Waals surface area contributed by atoms with Crippen LogP contribution >= 0.6 is 23.4 Å². The zero-order valence-electron chi connectivity index (χ0n) is 13.1. The normalized spacial score (nSPS) is 14.0. The molecule has 1 aromatic carbocycles. The van der Waals surface area contributed by atoms with Gasteiger partial charge in [-0.25, -0.2) is 0 Å². The van der Waals surface area contributed by atoms with E-state index in [9.17, 15) is 4.79 Å². The number of benzene rings is 1. The fourth-order valence-corrected chi connectivity index (χ4v) is 3.43. The zero-order chi connectivity index (χ0) is 15.9. The minimum atomic E-state index is -0.627. The summed E-state index contributed by atoms with van der Waals surface area (Å²) in [7, 11) is 1.43. The Morgan fingerprint density at radius 1 is 1.48 bits per heavy atom. The van der Waals surface area contributed by atoms with Gasteiger partial charge in [0.15, 0.2) is 0 Å². The second kappa shape index (κ2) is 8.66. The molecule has 0 saturated carbocycles. The summed E-state index contributed by atoms with van der Waals surface area (Å²) in [6, 6.07) is 8.05. The minimum Gasteiger partial charge on any atom is -0.468 e. The van der Waals surface area contributed by atoms with E-state index in [4.69, 9.17) is 16.3 Å². The van der Waals surface area contributed by atoms with Gasteiger partial charge in [-0.2, -0.15) is 0 Å². The molecule has 1 N–H and O–H groups in total. The number of hydrogen-bond donors (Lipinski definition) is 1. The van der Waals surface area contributed by atoms with Crippen molar-refractivity contribution in [2.45, 2.75) is 50.1 Å². The fraction of sp³-hybridized carbons (Fsp3) is 0.562. The maximum absolute atomic E-state index is 12.0. The van der Waals surface area contributed by atoms with Gasteiger partial charge in [-0.05, 0) is 57.6 Å². The highest BCUT2D eigenvalue weighted by atomic mass is 35.5. The summed E-state index contributed by atoms with van der Waals surface area (Å²) >= 11 is 7.71. The average Bonchev–Trinajstić information content (AvgIpc) is 2.42. The van der Waals surface area contributed by atoms with Gasteiger partial charge in [-0.15, -0.1) is 11.8 Å². The molecule has 21 heavy (non-hydrogen) atoms. The molecule has 0 heterocycles. The van der Waals surface area contributed by atoms with Crippen molar-refractivity contribution in [1.29, 1.82) is 0 Å². The molecule has 0 aliphatic rings. The lowest BCUT2D eigenvalue weighted by Gasteiger charge is -2.30. The molecule has 1 unspecified atom stereocenters. The van der Waals surface area contributed by atoms with Crippen LogP contribution in [0, 0.1) is 0 Å². The molecular weight excluding hydrogens is 306 g/mol. The second-order valence-corrected chi connectivity index (χ2v) is 7.14. The number of thioether (sulfide) groups is 1. The van der Waals surface area contributed by atoms with Crippen molar-refractivity contribution in [3.05, 3.63) is 29.3 Å². The maximum Gasteiger partial charge on any atom is 0.325 e. The van der Waals surface area contributed by atoms with E-state index in [1.807, 2.05) is 45.0 Å². The van der Waals surface area contributed by atoms with Gasteiger partial charge in [-0.1, -0.05) is 17.7 Å². The Hall–Kier alpha value is -0.710. The molecule has 0 radical (unpaired) electrons. The van der Waals surface area contributed by atoms with Crippen LogP contribution in [0.1, 0.15) is 33.6 Å². The van der Waals surface area contributed by atoms with Crippen molar-refractivity contribution in [2.24, 2.45) is 0 Å². The molecule has 5 heteroatoms. The maximum atomic E-state index is 12.0. The first kappa shape index (κ1) is 18.3. The smallest absolute Gasteiger partial charge is 0.325 e. The van der Waals surface area contributed by atoms with E-state index in [-0.39, 0.29) is 12.0 Å². The van der Waals surface area contributed by atoms with Crippen molar-refractivity contribution in [3.63, 3.8) is 0 Å². The topological polar surface area (TPSA) is 38.3 Å². The van der Waals surface area contributed by atoms with Crippen LogP contribution < -0.4 is 5.32 Å². The molecule has 0 bridgehead atoms. The first-order valence-corrected chi connectivity index (χ1v) is 8.48. The van der Waals surface area contributed by atoms with Gasteiger partial charge in [0, 0.05) is 16.0 Å². The molecule has 0 fully saturated rings. The molecule has 0 amide bonds. The molecule has 0 aromatic heterocycles. The molecule has 1 aromatic rings. The summed E-state index contributed by atoms with van der Waals surface area (Å²) in [5.74, 6) is 0.733. The molecule has 1 atom stereocenters. The van der Waals surface area contributed by atoms with Crippen LogP contribution in [0.3, 0.4) is 0 Å². The van der Waals surface area contributed by atoms with E-state index in [2.05, 4.69) is 5.32 Å². The van der Waals surface area contributed by atoms with Crippen LogP contribution in [-0.4, -0.2) is 30.4 Å². The predicted octanol–water partition coefficient (Wildman–Crippen LogP) is 4.14. The first-order chi connectivity index (χ1) is 9.87. The zero-order valence-corrected chi connectivity index (χ0v) is 14.7. The van der Waals surface area contributed by atoms with Gasteiger partial charge >= 0.3 is 5.97 Å². The van der Waals surface area contributed by atoms with Gasteiger partial charge < -0.3 is 4.74 Å². The number of carbonyl (C=O) groups is 1. The van der Waals surface area contributed by atoms with Gasteiger partial charge in [-0.3, -0.25) is 10.1 Å². The third-order valence-corrected chi connectivity index (χ3v) is 4.44. The second-order valence-electron chi connectivity index (χ2n) is 5.53. The third kappa shape index (κ3) is 6.29. The predicted molar refractivity (Wildman–Crippen MR) is 90.1 cm³/mol. The monoisotopic (exact) mass is 329 g/mol. The van der Waals surface area contributed by atoms with E-state index in [1.165, 1.54) is 7.11 Å². The highest BCUT2D eigenvalue weighted by Gasteiger charge is 2.33. The lowest BCUT2D eigenvalue weighted by Crippen LogP contribution is -2.53. The van der Waals surface area contributed by atoms with Crippen molar-refractivity contribution in [2.75, 3.05) is 12.9 Å². The quantitative estimate of drug-likeness (QED) is 0.442. The summed E-state index contributed by atoms with van der Waals surface area (Å²) in [5.41, 5.74) is -0.627. The van der Waals surface area contributed by atoms with Crippen LogP contribution in [0.2, 0.25) is 5.02 Å². The number of carbonyl (C=O) groups excluding carboxylic acids is 1. The molecule has 0 saturated heterocycles. The van der Waals surface area contributed by atoms with Crippen LogP contribution in [0.15, 0.2) is 29.2 Å². The van der Waals surface area contributed by atoms with E-state index in [0.29, 0.717) is 0 Å². The number of rotatable bonds is 8. The van der Waals surface area contributed by atoms with E-state index < -0.39 is 5.54 Å². The molecule has 0 spiro atoms. The van der Waals surface area contributed by atoms with Crippen LogP contribution in [-0.2, 0) is 9.53 Å². The standard InChI is InChI=1S/C16H24ClNO2S/c1-12(2)18-16(3,15(19)20-4)9-6-10-21-14-8-5-7-13(17)11-14/h5,7-8,11-12,18H,6,9-10H2,1-4H3. The van der Waals surface area contributed by atoms with Gasteiger partial charge in [0.2, 0.25) is 0 Å². The fourth-order valence-electron chi connectivity index (χ4n) is 2.27. The average molecular weight is 330 g/mol. The summed E-state index contributed by atoms with van der Waals surface area (Å²) in [6.45, 7) is 5.96. The summed E-state index contributed by atoms with van der Waals surface area (Å²) in [4.78, 5) is 13.1. The van der Waals surface area contributed by atoms with Crippen molar-refractivity contribution in [3.8, 4) is 0 Å². The Morgan fingerprint density at radius 2 is 2.19 bits per heavy atom. The molecule has 118 valence electrons. The van der Waals surface area contributed by atoms with Gasteiger partial charge in [0.05, 0.1) is 7.11 Å². The number of ether oxygens (including phenoxy) is 1. The Morgan fingerprint density at radius 3 is 2.76 bits per heavy atom. The van der Waals surface area contributed by atoms with Crippen molar-refractivity contribution < 1.29 is 9.53 Å². The number of methoxy groups -OCH3 is 1. The molecular formula is C16H24ClNO2S. The number of nitrogens with one attached hydrogen (secondary N) is 1. The highest BCUT2D eigenvalue weighted by Crippen LogP contribution is 2.24. The molecule has 3 nitrogen and oxygen atoms in total. The lowest BCUT2D eigenvalue weighted by atomic mass is 9.95. The summed E-state index contributed by atoms with van der Waals surface area (Å²) in [6.07, 6.45) is 1.66. The number of halogens is 1. The largest absolute Gasteiger partial charge is 0.468 e. The summed E-state index contributed by atoms with van der Waals surface area (Å²) < 4.78 is 4.92. The molecule has 0 aliphatic carbocycles. The van der Waals surface area contributed by atoms with Gasteiger partial charge in [0.25, 0.3) is 0 Å². The Labute approximate surface area is 136 Å². The van der Waals surface area contributed by atoms with E-state index >= 15 is 0 Å². The Balaban J connectivity index is 2.48. The SMILES string of the molecule is COC(=O)C(C)(CCCSc1cccc(Cl)c1)NC(C)C. The van der Waals surface area contributed by atoms with Crippen molar-refractivity contribution >= 4 is 29.3 Å². The highest BCUT2D eigenvalue weighted by molar-refractivity contribution is 7.99. The van der Waals surface area contributed by atoms with Crippen LogP contribution in [0.5, 0.6) is 0 Å². The Bertz CT molecular complexity index is 467. The Kier molecular flexibility index (Phi) is 7.57. The van der Waals surface area contributed by atoms with Gasteiger partial charge in [0.1, 0.15) is 5.54 Å². The van der Waals surface area contributed by atoms with Crippen LogP contribution in [0.4, 0.5) is 0 Å². The molecule has 1 rings (SSSR count). The van der Waals surface area contributed by atoms with E-state index in [1.54, 1.807) is 11.8 Å². The lowest BCUT2D eigenvalue weighted by molar-refractivity contribution is -0.148. The van der Waals surface area contributed by atoms with Crippen LogP contribution in [0.25, 0.3) is 0 Å². The minimum absolute atomic E-state index is 0.205. The first-order valence-electron chi connectivity index (χ1n) is 7.12. The number of esters is 1.